The highest BCUT2D eigenvalue weighted by molar-refractivity contribution is 5.23. The standard InChI is InChI=1S/C8H11NO2/c1-5-3-4-9-8(11)7(5)6(2)10/h3-4,6,10H,1-2H3,(H,9,11). The Bertz CT molecular complexity index is 301. The van der Waals surface area contributed by atoms with Crippen LogP contribution in [0.1, 0.15) is 24.2 Å². The van der Waals surface area contributed by atoms with Crippen molar-refractivity contribution in [2.75, 3.05) is 0 Å². The Morgan fingerprint density at radius 2 is 2.27 bits per heavy atom. The molecule has 0 bridgehead atoms. The molecule has 1 rings (SSSR count). The average molecular weight is 153 g/mol. The summed E-state index contributed by atoms with van der Waals surface area (Å²) < 4.78 is 0. The Balaban J connectivity index is 3.33. The van der Waals surface area contributed by atoms with Gasteiger partial charge in [0.2, 0.25) is 0 Å². The maximum atomic E-state index is 11.1. The predicted octanol–water partition coefficient (Wildman–Crippen LogP) is 0.737. The van der Waals surface area contributed by atoms with Gasteiger partial charge in [0.05, 0.1) is 6.10 Å². The van der Waals surface area contributed by atoms with E-state index in [2.05, 4.69) is 4.98 Å². The monoisotopic (exact) mass is 153 g/mol. The number of hydrogen-bond donors (Lipinski definition) is 2. The molecule has 0 radical (unpaired) electrons. The van der Waals surface area contributed by atoms with Gasteiger partial charge in [-0.3, -0.25) is 4.79 Å². The first kappa shape index (κ1) is 8.01. The average Bonchev–Trinajstić information content (AvgIpc) is 1.85. The zero-order valence-corrected chi connectivity index (χ0v) is 6.59. The molecule has 3 heteroatoms. The predicted molar refractivity (Wildman–Crippen MR) is 42.4 cm³/mol. The van der Waals surface area contributed by atoms with Gasteiger partial charge in [-0.25, -0.2) is 0 Å². The summed E-state index contributed by atoms with van der Waals surface area (Å²) in [5.74, 6) is 0. The molecule has 1 atom stereocenters. The number of aryl methyl sites for hydroxylation is 1. The number of pyridine rings is 1. The van der Waals surface area contributed by atoms with Gasteiger partial charge in [0.15, 0.2) is 0 Å². The van der Waals surface area contributed by atoms with Crippen molar-refractivity contribution in [1.29, 1.82) is 0 Å². The largest absolute Gasteiger partial charge is 0.388 e. The smallest absolute Gasteiger partial charge is 0.254 e. The van der Waals surface area contributed by atoms with Crippen LogP contribution in [0.25, 0.3) is 0 Å². The van der Waals surface area contributed by atoms with Gasteiger partial charge in [0.25, 0.3) is 5.56 Å². The summed E-state index contributed by atoms with van der Waals surface area (Å²) in [5, 5.41) is 9.17. The molecule has 1 heterocycles. The fourth-order valence-electron chi connectivity index (χ4n) is 1.11. The van der Waals surface area contributed by atoms with Crippen LogP contribution in [0.4, 0.5) is 0 Å². The number of nitrogens with one attached hydrogen (secondary N) is 1. The van der Waals surface area contributed by atoms with Gasteiger partial charge in [0.1, 0.15) is 0 Å². The normalized spacial score (nSPS) is 13.0. The first-order chi connectivity index (χ1) is 5.13. The highest BCUT2D eigenvalue weighted by atomic mass is 16.3. The van der Waals surface area contributed by atoms with Crippen molar-refractivity contribution in [3.05, 3.63) is 33.7 Å². The summed E-state index contributed by atoms with van der Waals surface area (Å²) in [7, 11) is 0. The Hall–Kier alpha value is -1.09. The summed E-state index contributed by atoms with van der Waals surface area (Å²) in [6.45, 7) is 3.38. The number of rotatable bonds is 1. The van der Waals surface area contributed by atoms with Gasteiger partial charge in [-0.05, 0) is 25.5 Å². The third-order valence-electron chi connectivity index (χ3n) is 1.64. The first-order valence-electron chi connectivity index (χ1n) is 3.49. The molecule has 0 aliphatic rings. The third-order valence-corrected chi connectivity index (χ3v) is 1.64. The van der Waals surface area contributed by atoms with Gasteiger partial charge in [-0.2, -0.15) is 0 Å². The molecule has 60 valence electrons. The van der Waals surface area contributed by atoms with Gasteiger partial charge in [0, 0.05) is 11.8 Å². The minimum atomic E-state index is -0.694. The van der Waals surface area contributed by atoms with Crippen molar-refractivity contribution in [2.24, 2.45) is 0 Å². The molecule has 0 aliphatic carbocycles. The maximum Gasteiger partial charge on any atom is 0.254 e. The van der Waals surface area contributed by atoms with E-state index in [1.165, 1.54) is 0 Å². The zero-order chi connectivity index (χ0) is 8.43. The maximum absolute atomic E-state index is 11.1. The lowest BCUT2D eigenvalue weighted by Crippen LogP contribution is -2.15. The van der Waals surface area contributed by atoms with E-state index in [0.717, 1.165) is 5.56 Å². The van der Waals surface area contributed by atoms with E-state index >= 15 is 0 Å². The Kier molecular flexibility index (Phi) is 2.10. The van der Waals surface area contributed by atoms with Crippen molar-refractivity contribution >= 4 is 0 Å². The topological polar surface area (TPSA) is 53.1 Å². The van der Waals surface area contributed by atoms with E-state index in [0.29, 0.717) is 5.56 Å². The Morgan fingerprint density at radius 1 is 1.64 bits per heavy atom. The molecule has 0 amide bonds. The molecule has 0 aromatic carbocycles. The highest BCUT2D eigenvalue weighted by Gasteiger charge is 2.07. The van der Waals surface area contributed by atoms with Gasteiger partial charge < -0.3 is 10.1 Å². The van der Waals surface area contributed by atoms with Crippen LogP contribution in [0.3, 0.4) is 0 Å². The van der Waals surface area contributed by atoms with Crippen molar-refractivity contribution in [3.8, 4) is 0 Å². The van der Waals surface area contributed by atoms with Crippen molar-refractivity contribution in [1.82, 2.24) is 4.98 Å². The molecule has 0 saturated heterocycles. The summed E-state index contributed by atoms with van der Waals surface area (Å²) in [6.07, 6.45) is 0.878. The second-order valence-corrected chi connectivity index (χ2v) is 2.58. The third kappa shape index (κ3) is 1.49. The van der Waals surface area contributed by atoms with Crippen molar-refractivity contribution < 1.29 is 5.11 Å². The molecule has 1 aromatic heterocycles. The van der Waals surface area contributed by atoms with E-state index < -0.39 is 6.10 Å². The van der Waals surface area contributed by atoms with E-state index in [9.17, 15) is 4.79 Å². The number of aromatic amines is 1. The van der Waals surface area contributed by atoms with Crippen LogP contribution in [0.2, 0.25) is 0 Å². The first-order valence-corrected chi connectivity index (χ1v) is 3.49. The van der Waals surface area contributed by atoms with Crippen LogP contribution in [-0.2, 0) is 0 Å². The molecule has 0 spiro atoms. The minimum absolute atomic E-state index is 0.208. The fourth-order valence-corrected chi connectivity index (χ4v) is 1.11. The van der Waals surface area contributed by atoms with E-state index in [4.69, 9.17) is 5.11 Å². The molecular formula is C8H11NO2. The molecule has 3 nitrogen and oxygen atoms in total. The summed E-state index contributed by atoms with van der Waals surface area (Å²) in [5.41, 5.74) is 1.07. The van der Waals surface area contributed by atoms with Crippen molar-refractivity contribution in [2.45, 2.75) is 20.0 Å². The molecule has 2 N–H and O–H groups in total. The molecule has 1 unspecified atom stereocenters. The van der Waals surface area contributed by atoms with E-state index in [1.807, 2.05) is 0 Å². The van der Waals surface area contributed by atoms with Crippen LogP contribution in [0.15, 0.2) is 17.1 Å². The number of H-pyrrole nitrogens is 1. The second-order valence-electron chi connectivity index (χ2n) is 2.58. The Morgan fingerprint density at radius 3 is 2.64 bits per heavy atom. The van der Waals surface area contributed by atoms with E-state index in [1.54, 1.807) is 26.1 Å². The molecule has 11 heavy (non-hydrogen) atoms. The molecule has 0 saturated carbocycles. The zero-order valence-electron chi connectivity index (χ0n) is 6.59. The van der Waals surface area contributed by atoms with Crippen LogP contribution in [0, 0.1) is 6.92 Å². The van der Waals surface area contributed by atoms with E-state index in [-0.39, 0.29) is 5.56 Å². The quantitative estimate of drug-likeness (QED) is 0.625. The molecule has 0 aliphatic heterocycles. The van der Waals surface area contributed by atoms with Gasteiger partial charge in [-0.1, -0.05) is 0 Å². The molecule has 0 fully saturated rings. The molecule has 1 aromatic rings. The van der Waals surface area contributed by atoms with Crippen LogP contribution >= 0.6 is 0 Å². The number of aliphatic hydroxyl groups is 1. The SMILES string of the molecule is Cc1cc[nH]c(=O)c1C(C)O. The summed E-state index contributed by atoms with van der Waals surface area (Å²) >= 11 is 0. The van der Waals surface area contributed by atoms with Gasteiger partial charge in [-0.15, -0.1) is 0 Å². The minimum Gasteiger partial charge on any atom is -0.388 e. The number of aromatic nitrogens is 1. The van der Waals surface area contributed by atoms with Crippen LogP contribution in [0.5, 0.6) is 0 Å². The number of hydrogen-bond acceptors (Lipinski definition) is 2. The Labute approximate surface area is 64.7 Å². The fraction of sp³-hybridized carbons (Fsp3) is 0.375. The lowest BCUT2D eigenvalue weighted by molar-refractivity contribution is 0.197. The summed E-state index contributed by atoms with van der Waals surface area (Å²) in [4.78, 5) is 13.6. The van der Waals surface area contributed by atoms with Gasteiger partial charge >= 0.3 is 0 Å². The van der Waals surface area contributed by atoms with Crippen molar-refractivity contribution in [3.63, 3.8) is 0 Å². The summed E-state index contributed by atoms with van der Waals surface area (Å²) in [6, 6.07) is 1.77. The highest BCUT2D eigenvalue weighted by Crippen LogP contribution is 2.09. The molecular weight excluding hydrogens is 142 g/mol. The lowest BCUT2D eigenvalue weighted by atomic mass is 10.1. The second kappa shape index (κ2) is 2.88. The van der Waals surface area contributed by atoms with Crippen LogP contribution in [-0.4, -0.2) is 10.1 Å². The lowest BCUT2D eigenvalue weighted by Gasteiger charge is -2.05. The van der Waals surface area contributed by atoms with Crippen LogP contribution < -0.4 is 5.56 Å². The number of aliphatic hydroxyl groups excluding tert-OH is 1.